The molecule has 102 valence electrons. The van der Waals surface area contributed by atoms with Crippen molar-refractivity contribution in [2.75, 3.05) is 0 Å². The van der Waals surface area contributed by atoms with Gasteiger partial charge in [-0.3, -0.25) is 0 Å². The van der Waals surface area contributed by atoms with Crippen LogP contribution >= 0.6 is 0 Å². The number of pyridine rings is 1. The van der Waals surface area contributed by atoms with Crippen LogP contribution in [-0.2, 0) is 10.0 Å². The Balaban J connectivity index is 2.15. The molecule has 0 amide bonds. The SMILES string of the molecule is N#Cc1ccc(S(=O)(=O)NC2CCCCC2N)cn1. The largest absolute Gasteiger partial charge is 0.326 e. The first kappa shape index (κ1) is 13.9. The maximum atomic E-state index is 12.2. The standard InChI is InChI=1S/C12H16N4O2S/c13-7-9-5-6-10(8-15-9)19(17,18)16-12-4-2-1-3-11(12)14/h5-6,8,11-12,16H,1-4,14H2. The third-order valence-corrected chi connectivity index (χ3v) is 4.76. The maximum Gasteiger partial charge on any atom is 0.242 e. The van der Waals surface area contributed by atoms with E-state index in [0.717, 1.165) is 25.7 Å². The fourth-order valence-corrected chi connectivity index (χ4v) is 3.44. The quantitative estimate of drug-likeness (QED) is 0.838. The van der Waals surface area contributed by atoms with Crippen LogP contribution in [0.15, 0.2) is 23.2 Å². The molecule has 2 atom stereocenters. The number of nitrogens with one attached hydrogen (secondary N) is 1. The second-order valence-corrected chi connectivity index (χ2v) is 6.38. The van der Waals surface area contributed by atoms with Crippen molar-refractivity contribution in [3.63, 3.8) is 0 Å². The van der Waals surface area contributed by atoms with E-state index in [2.05, 4.69) is 9.71 Å². The first-order valence-electron chi connectivity index (χ1n) is 6.17. The second kappa shape index (κ2) is 5.65. The molecule has 1 aliphatic carbocycles. The van der Waals surface area contributed by atoms with Crippen LogP contribution in [0.4, 0.5) is 0 Å². The van der Waals surface area contributed by atoms with Crippen molar-refractivity contribution in [1.82, 2.24) is 9.71 Å². The van der Waals surface area contributed by atoms with Gasteiger partial charge in [0.05, 0.1) is 0 Å². The molecule has 1 aliphatic rings. The van der Waals surface area contributed by atoms with Gasteiger partial charge in [0.2, 0.25) is 10.0 Å². The van der Waals surface area contributed by atoms with Crippen molar-refractivity contribution in [1.29, 1.82) is 5.26 Å². The van der Waals surface area contributed by atoms with Crippen LogP contribution < -0.4 is 10.5 Å². The van der Waals surface area contributed by atoms with Gasteiger partial charge in [-0.15, -0.1) is 0 Å². The molecule has 1 saturated carbocycles. The smallest absolute Gasteiger partial charge is 0.242 e. The molecule has 0 bridgehead atoms. The van der Waals surface area contributed by atoms with Crippen LogP contribution in [-0.4, -0.2) is 25.5 Å². The Morgan fingerprint density at radius 1 is 1.37 bits per heavy atom. The van der Waals surface area contributed by atoms with Crippen LogP contribution in [0.2, 0.25) is 0 Å². The van der Waals surface area contributed by atoms with Gasteiger partial charge in [0.25, 0.3) is 0 Å². The summed E-state index contributed by atoms with van der Waals surface area (Å²) in [6.45, 7) is 0. The molecule has 0 aliphatic heterocycles. The van der Waals surface area contributed by atoms with Gasteiger partial charge in [-0.05, 0) is 25.0 Å². The fourth-order valence-electron chi connectivity index (χ4n) is 2.18. The topological polar surface area (TPSA) is 109 Å². The number of sulfonamides is 1. The van der Waals surface area contributed by atoms with Crippen LogP contribution in [0.1, 0.15) is 31.4 Å². The van der Waals surface area contributed by atoms with E-state index >= 15 is 0 Å². The number of aromatic nitrogens is 1. The van der Waals surface area contributed by atoms with Gasteiger partial charge in [0.1, 0.15) is 16.7 Å². The Labute approximate surface area is 112 Å². The lowest BCUT2D eigenvalue weighted by Crippen LogP contribution is -2.49. The summed E-state index contributed by atoms with van der Waals surface area (Å²) in [5.41, 5.74) is 6.11. The summed E-state index contributed by atoms with van der Waals surface area (Å²) in [5.74, 6) is 0. The minimum Gasteiger partial charge on any atom is -0.326 e. The zero-order valence-corrected chi connectivity index (χ0v) is 11.2. The molecule has 7 heteroatoms. The molecule has 1 aromatic rings. The molecular weight excluding hydrogens is 264 g/mol. The predicted octanol–water partition coefficient (Wildman–Crippen LogP) is 0.501. The van der Waals surface area contributed by atoms with Gasteiger partial charge in [-0.1, -0.05) is 12.8 Å². The second-order valence-electron chi connectivity index (χ2n) is 4.67. The molecule has 6 nitrogen and oxygen atoms in total. The molecule has 1 heterocycles. The van der Waals surface area contributed by atoms with Crippen LogP contribution in [0, 0.1) is 11.3 Å². The highest BCUT2D eigenvalue weighted by Gasteiger charge is 2.27. The monoisotopic (exact) mass is 280 g/mol. The van der Waals surface area contributed by atoms with E-state index in [4.69, 9.17) is 11.0 Å². The molecule has 0 aromatic carbocycles. The summed E-state index contributed by atoms with van der Waals surface area (Å²) < 4.78 is 26.9. The predicted molar refractivity (Wildman–Crippen MR) is 69.5 cm³/mol. The number of hydrogen-bond donors (Lipinski definition) is 2. The van der Waals surface area contributed by atoms with Gasteiger partial charge in [-0.2, -0.15) is 5.26 Å². The maximum absolute atomic E-state index is 12.2. The summed E-state index contributed by atoms with van der Waals surface area (Å²) in [6.07, 6.45) is 4.79. The van der Waals surface area contributed by atoms with Crippen LogP contribution in [0.25, 0.3) is 0 Å². The molecule has 3 N–H and O–H groups in total. The van der Waals surface area contributed by atoms with Gasteiger partial charge in [0.15, 0.2) is 0 Å². The fraction of sp³-hybridized carbons (Fsp3) is 0.500. The Hall–Kier alpha value is -1.49. The normalized spacial score (nSPS) is 23.8. The van der Waals surface area contributed by atoms with E-state index in [1.807, 2.05) is 6.07 Å². The number of hydrogen-bond acceptors (Lipinski definition) is 5. The van der Waals surface area contributed by atoms with E-state index in [0.29, 0.717) is 0 Å². The molecule has 0 saturated heterocycles. The van der Waals surface area contributed by atoms with E-state index < -0.39 is 10.0 Å². The molecule has 0 spiro atoms. The lowest BCUT2D eigenvalue weighted by molar-refractivity contribution is 0.361. The molecule has 19 heavy (non-hydrogen) atoms. The third kappa shape index (κ3) is 3.29. The average molecular weight is 280 g/mol. The summed E-state index contributed by atoms with van der Waals surface area (Å²) in [5, 5.41) is 8.63. The summed E-state index contributed by atoms with van der Waals surface area (Å²) in [4.78, 5) is 3.82. The lowest BCUT2D eigenvalue weighted by Gasteiger charge is -2.28. The van der Waals surface area contributed by atoms with Gasteiger partial charge < -0.3 is 5.73 Å². The van der Waals surface area contributed by atoms with Crippen molar-refractivity contribution in [3.8, 4) is 6.07 Å². The zero-order chi connectivity index (χ0) is 13.9. The molecule has 0 radical (unpaired) electrons. The number of nitriles is 1. The first-order chi connectivity index (χ1) is 9.03. The Bertz CT molecular complexity index is 577. The van der Waals surface area contributed by atoms with Crippen LogP contribution in [0.5, 0.6) is 0 Å². The van der Waals surface area contributed by atoms with Gasteiger partial charge >= 0.3 is 0 Å². The minimum atomic E-state index is -3.62. The summed E-state index contributed by atoms with van der Waals surface area (Å²) in [6, 6.07) is 4.24. The Kier molecular flexibility index (Phi) is 4.14. The molecule has 2 rings (SSSR count). The van der Waals surface area contributed by atoms with Crippen molar-refractivity contribution >= 4 is 10.0 Å². The minimum absolute atomic E-state index is 0.0595. The van der Waals surface area contributed by atoms with Crippen molar-refractivity contribution in [2.45, 2.75) is 42.7 Å². The van der Waals surface area contributed by atoms with Crippen molar-refractivity contribution in [2.24, 2.45) is 5.73 Å². The van der Waals surface area contributed by atoms with Crippen molar-refractivity contribution < 1.29 is 8.42 Å². The van der Waals surface area contributed by atoms with E-state index in [1.165, 1.54) is 18.3 Å². The number of nitrogens with two attached hydrogens (primary N) is 1. The summed E-state index contributed by atoms with van der Waals surface area (Å²) in [7, 11) is -3.62. The Morgan fingerprint density at radius 2 is 2.11 bits per heavy atom. The van der Waals surface area contributed by atoms with E-state index in [-0.39, 0.29) is 22.7 Å². The summed E-state index contributed by atoms with van der Waals surface area (Å²) >= 11 is 0. The molecule has 1 aromatic heterocycles. The van der Waals surface area contributed by atoms with Crippen LogP contribution in [0.3, 0.4) is 0 Å². The average Bonchev–Trinajstić information content (AvgIpc) is 2.41. The van der Waals surface area contributed by atoms with Crippen molar-refractivity contribution in [3.05, 3.63) is 24.0 Å². The highest BCUT2D eigenvalue weighted by atomic mass is 32.2. The first-order valence-corrected chi connectivity index (χ1v) is 7.65. The molecular formula is C12H16N4O2S. The highest BCUT2D eigenvalue weighted by Crippen LogP contribution is 2.19. The molecule has 1 fully saturated rings. The molecule has 2 unspecified atom stereocenters. The third-order valence-electron chi connectivity index (χ3n) is 3.29. The van der Waals surface area contributed by atoms with E-state index in [9.17, 15) is 8.42 Å². The van der Waals surface area contributed by atoms with Gasteiger partial charge in [-0.25, -0.2) is 18.1 Å². The number of rotatable bonds is 3. The lowest BCUT2D eigenvalue weighted by atomic mass is 9.92. The van der Waals surface area contributed by atoms with Gasteiger partial charge in [0, 0.05) is 18.3 Å². The Morgan fingerprint density at radius 3 is 2.68 bits per heavy atom. The number of nitrogens with zero attached hydrogens (tertiary/aromatic N) is 2. The highest BCUT2D eigenvalue weighted by molar-refractivity contribution is 7.89. The van der Waals surface area contributed by atoms with E-state index in [1.54, 1.807) is 0 Å². The zero-order valence-electron chi connectivity index (χ0n) is 10.4.